The zero-order valence-electron chi connectivity index (χ0n) is 10.2. The van der Waals surface area contributed by atoms with Crippen molar-refractivity contribution < 1.29 is 0 Å². The highest BCUT2D eigenvalue weighted by Crippen LogP contribution is 2.10. The second-order valence-corrected chi connectivity index (χ2v) is 4.26. The lowest BCUT2D eigenvalue weighted by Gasteiger charge is -2.03. The van der Waals surface area contributed by atoms with E-state index in [0.29, 0.717) is 5.92 Å². The molecule has 0 amide bonds. The van der Waals surface area contributed by atoms with E-state index in [4.69, 9.17) is 0 Å². The molecule has 3 nitrogen and oxygen atoms in total. The van der Waals surface area contributed by atoms with Crippen LogP contribution in [0.5, 0.6) is 0 Å². The van der Waals surface area contributed by atoms with Gasteiger partial charge in [-0.2, -0.15) is 5.10 Å². The van der Waals surface area contributed by atoms with E-state index in [0.717, 1.165) is 26.1 Å². The smallest absolute Gasteiger partial charge is 0.0649 e. The summed E-state index contributed by atoms with van der Waals surface area (Å²) in [6.45, 7) is 9.77. The summed E-state index contributed by atoms with van der Waals surface area (Å²) < 4.78 is 2.04. The fraction of sp³-hybridized carbons (Fsp3) is 0.750. The van der Waals surface area contributed by atoms with Crippen LogP contribution in [0.25, 0.3) is 0 Å². The highest BCUT2D eigenvalue weighted by molar-refractivity contribution is 5.03. The van der Waals surface area contributed by atoms with Crippen molar-refractivity contribution in [1.29, 1.82) is 0 Å². The summed E-state index contributed by atoms with van der Waals surface area (Å²) >= 11 is 0. The van der Waals surface area contributed by atoms with E-state index in [1.54, 1.807) is 0 Å². The van der Waals surface area contributed by atoms with Gasteiger partial charge in [-0.3, -0.25) is 4.68 Å². The Kier molecular flexibility index (Phi) is 5.40. The normalized spacial score (nSPS) is 11.2. The molecule has 1 N–H and O–H groups in total. The third-order valence-electron chi connectivity index (χ3n) is 2.42. The minimum absolute atomic E-state index is 0.532. The maximum atomic E-state index is 4.52. The molecule has 0 bridgehead atoms. The Morgan fingerprint density at radius 3 is 2.80 bits per heavy atom. The van der Waals surface area contributed by atoms with Gasteiger partial charge in [-0.1, -0.05) is 20.8 Å². The van der Waals surface area contributed by atoms with Crippen LogP contribution in [0.3, 0.4) is 0 Å². The average Bonchev–Trinajstić information content (AvgIpc) is 2.66. The van der Waals surface area contributed by atoms with E-state index in [-0.39, 0.29) is 0 Å². The number of nitrogens with one attached hydrogen (secondary N) is 1. The first-order valence-corrected chi connectivity index (χ1v) is 5.98. The lowest BCUT2D eigenvalue weighted by atomic mass is 10.1. The molecule has 0 aromatic carbocycles. The second-order valence-electron chi connectivity index (χ2n) is 4.26. The van der Waals surface area contributed by atoms with Crippen LogP contribution in [0.15, 0.2) is 12.3 Å². The van der Waals surface area contributed by atoms with Gasteiger partial charge in [-0.25, -0.2) is 0 Å². The number of rotatable bonds is 7. The van der Waals surface area contributed by atoms with Crippen LogP contribution in [-0.4, -0.2) is 22.9 Å². The fourth-order valence-corrected chi connectivity index (χ4v) is 1.48. The summed E-state index contributed by atoms with van der Waals surface area (Å²) in [5.41, 5.74) is 1.19. The van der Waals surface area contributed by atoms with E-state index in [9.17, 15) is 0 Å². The zero-order valence-corrected chi connectivity index (χ0v) is 10.2. The van der Waals surface area contributed by atoms with E-state index in [1.807, 2.05) is 4.68 Å². The van der Waals surface area contributed by atoms with Crippen LogP contribution in [0.4, 0.5) is 0 Å². The standard InChI is InChI=1S/C12H23N3/c1-4-7-13-8-5-9-15-10-6-12(14-15)11(2)3/h6,10-11,13H,4-5,7-9H2,1-3H3. The van der Waals surface area contributed by atoms with Crippen molar-refractivity contribution in [1.82, 2.24) is 15.1 Å². The van der Waals surface area contributed by atoms with Crippen molar-refractivity contribution in [3.63, 3.8) is 0 Å². The highest BCUT2D eigenvalue weighted by atomic mass is 15.3. The Morgan fingerprint density at radius 1 is 1.40 bits per heavy atom. The Balaban J connectivity index is 2.20. The Bertz CT molecular complexity index is 266. The van der Waals surface area contributed by atoms with Crippen LogP contribution in [0.1, 0.15) is 45.2 Å². The first-order chi connectivity index (χ1) is 7.24. The molecule has 0 aliphatic heterocycles. The molecule has 3 heteroatoms. The number of aromatic nitrogens is 2. The maximum Gasteiger partial charge on any atom is 0.0649 e. The molecule has 0 radical (unpaired) electrons. The molecule has 0 aliphatic carbocycles. The summed E-state index contributed by atoms with van der Waals surface area (Å²) in [6, 6.07) is 2.12. The molecule has 15 heavy (non-hydrogen) atoms. The van der Waals surface area contributed by atoms with Gasteiger partial charge in [0, 0.05) is 12.7 Å². The van der Waals surface area contributed by atoms with Gasteiger partial charge in [0.25, 0.3) is 0 Å². The SMILES string of the molecule is CCCNCCCn1ccc(C(C)C)n1. The Hall–Kier alpha value is -0.830. The average molecular weight is 209 g/mol. The number of nitrogens with zero attached hydrogens (tertiary/aromatic N) is 2. The van der Waals surface area contributed by atoms with Crippen LogP contribution >= 0.6 is 0 Å². The van der Waals surface area contributed by atoms with Gasteiger partial charge in [0.05, 0.1) is 5.69 Å². The first-order valence-electron chi connectivity index (χ1n) is 5.98. The molecule has 0 atom stereocenters. The molecule has 0 spiro atoms. The quantitative estimate of drug-likeness (QED) is 0.699. The summed E-state index contributed by atoms with van der Waals surface area (Å²) in [5.74, 6) is 0.532. The summed E-state index contributed by atoms with van der Waals surface area (Å²) in [7, 11) is 0. The largest absolute Gasteiger partial charge is 0.317 e. The van der Waals surface area contributed by atoms with Gasteiger partial charge >= 0.3 is 0 Å². The molecule has 1 heterocycles. The molecule has 0 aliphatic rings. The number of aryl methyl sites for hydroxylation is 1. The van der Waals surface area contributed by atoms with E-state index in [1.165, 1.54) is 12.1 Å². The van der Waals surface area contributed by atoms with Crippen LogP contribution in [-0.2, 0) is 6.54 Å². The third-order valence-corrected chi connectivity index (χ3v) is 2.42. The predicted octanol–water partition coefficient (Wildman–Crippen LogP) is 2.40. The molecular weight excluding hydrogens is 186 g/mol. The summed E-state index contributed by atoms with van der Waals surface area (Å²) in [6.07, 6.45) is 4.44. The molecule has 0 saturated heterocycles. The van der Waals surface area contributed by atoms with Gasteiger partial charge in [0.1, 0.15) is 0 Å². The first kappa shape index (κ1) is 12.2. The topological polar surface area (TPSA) is 29.9 Å². The van der Waals surface area contributed by atoms with Crippen molar-refractivity contribution >= 4 is 0 Å². The summed E-state index contributed by atoms with van der Waals surface area (Å²) in [4.78, 5) is 0. The van der Waals surface area contributed by atoms with Gasteiger partial charge in [-0.05, 0) is 37.9 Å². The minimum Gasteiger partial charge on any atom is -0.317 e. The molecule has 0 unspecified atom stereocenters. The van der Waals surface area contributed by atoms with Gasteiger partial charge in [0.2, 0.25) is 0 Å². The lowest BCUT2D eigenvalue weighted by molar-refractivity contribution is 0.536. The van der Waals surface area contributed by atoms with Gasteiger partial charge in [-0.15, -0.1) is 0 Å². The Labute approximate surface area is 92.9 Å². The molecule has 1 aromatic heterocycles. The Morgan fingerprint density at radius 2 is 2.20 bits per heavy atom. The number of hydrogen-bond acceptors (Lipinski definition) is 2. The van der Waals surface area contributed by atoms with Gasteiger partial charge < -0.3 is 5.32 Å². The number of hydrogen-bond donors (Lipinski definition) is 1. The fourth-order valence-electron chi connectivity index (χ4n) is 1.48. The summed E-state index contributed by atoms with van der Waals surface area (Å²) in [5, 5.41) is 7.91. The zero-order chi connectivity index (χ0) is 11.1. The van der Waals surface area contributed by atoms with E-state index in [2.05, 4.69) is 43.4 Å². The van der Waals surface area contributed by atoms with Crippen molar-refractivity contribution in [2.45, 2.75) is 46.1 Å². The molecular formula is C12H23N3. The van der Waals surface area contributed by atoms with Crippen molar-refractivity contribution in [2.75, 3.05) is 13.1 Å². The molecule has 1 aromatic rings. The van der Waals surface area contributed by atoms with Crippen molar-refractivity contribution in [2.24, 2.45) is 0 Å². The minimum atomic E-state index is 0.532. The molecule has 86 valence electrons. The third kappa shape index (κ3) is 4.47. The lowest BCUT2D eigenvalue weighted by Crippen LogP contribution is -2.17. The van der Waals surface area contributed by atoms with Crippen molar-refractivity contribution in [3.8, 4) is 0 Å². The van der Waals surface area contributed by atoms with Gasteiger partial charge in [0.15, 0.2) is 0 Å². The maximum absolute atomic E-state index is 4.52. The molecule has 1 rings (SSSR count). The monoisotopic (exact) mass is 209 g/mol. The van der Waals surface area contributed by atoms with Crippen LogP contribution < -0.4 is 5.32 Å². The van der Waals surface area contributed by atoms with E-state index < -0.39 is 0 Å². The van der Waals surface area contributed by atoms with Crippen LogP contribution in [0, 0.1) is 0 Å². The van der Waals surface area contributed by atoms with E-state index >= 15 is 0 Å². The molecule has 0 saturated carbocycles. The van der Waals surface area contributed by atoms with Crippen molar-refractivity contribution in [3.05, 3.63) is 18.0 Å². The highest BCUT2D eigenvalue weighted by Gasteiger charge is 2.02. The van der Waals surface area contributed by atoms with Crippen LogP contribution in [0.2, 0.25) is 0 Å². The molecule has 0 fully saturated rings. The second kappa shape index (κ2) is 6.62. The predicted molar refractivity (Wildman–Crippen MR) is 64.1 cm³/mol.